The summed E-state index contributed by atoms with van der Waals surface area (Å²) in [6.45, 7) is 2.61. The molecular formula is C25H29F2NO. The number of hydrogen-bond acceptors (Lipinski definition) is 2. The van der Waals surface area contributed by atoms with Crippen LogP contribution in [0.4, 0.5) is 8.78 Å². The highest BCUT2D eigenvalue weighted by Gasteiger charge is 2.23. The molecule has 0 aliphatic heterocycles. The number of rotatable bonds is 8. The van der Waals surface area contributed by atoms with Crippen molar-refractivity contribution in [2.24, 2.45) is 5.92 Å². The van der Waals surface area contributed by atoms with Gasteiger partial charge in [0.2, 0.25) is 5.82 Å². The van der Waals surface area contributed by atoms with Gasteiger partial charge < -0.3 is 4.74 Å². The van der Waals surface area contributed by atoms with Crippen LogP contribution in [0.1, 0.15) is 74.5 Å². The third-order valence-electron chi connectivity index (χ3n) is 6.01. The van der Waals surface area contributed by atoms with Gasteiger partial charge >= 0.3 is 0 Å². The molecule has 1 saturated carbocycles. The van der Waals surface area contributed by atoms with E-state index in [0.717, 1.165) is 32.1 Å². The van der Waals surface area contributed by atoms with Crippen molar-refractivity contribution in [2.75, 3.05) is 6.61 Å². The lowest BCUT2D eigenvalue weighted by molar-refractivity contribution is 0.192. The summed E-state index contributed by atoms with van der Waals surface area (Å²) in [5, 5.41) is 8.75. The van der Waals surface area contributed by atoms with Crippen LogP contribution in [0.25, 0.3) is 0 Å². The second-order valence-corrected chi connectivity index (χ2v) is 8.08. The molecule has 0 N–H and O–H groups in total. The van der Waals surface area contributed by atoms with Crippen LogP contribution >= 0.6 is 0 Å². The van der Waals surface area contributed by atoms with Crippen LogP contribution in [0, 0.1) is 28.9 Å². The Morgan fingerprint density at radius 1 is 0.966 bits per heavy atom. The number of nitrogens with zero attached hydrogens (tertiary/aromatic N) is 1. The predicted molar refractivity (Wildman–Crippen MR) is 111 cm³/mol. The molecule has 0 amide bonds. The van der Waals surface area contributed by atoms with E-state index in [2.05, 4.69) is 31.2 Å². The van der Waals surface area contributed by atoms with E-state index in [1.54, 1.807) is 6.07 Å². The highest BCUT2D eigenvalue weighted by Crippen LogP contribution is 2.36. The van der Waals surface area contributed by atoms with Crippen molar-refractivity contribution in [1.82, 2.24) is 0 Å². The Bertz CT molecular complexity index is 833. The van der Waals surface area contributed by atoms with Gasteiger partial charge in [0.25, 0.3) is 0 Å². The van der Waals surface area contributed by atoms with Crippen molar-refractivity contribution in [3.63, 3.8) is 0 Å². The molecule has 0 bridgehead atoms. The standard InChI is InChI=1S/C25H29F2NO/c1-2-3-4-5-18-6-10-20(11-7-18)21-12-8-19(9-13-21)17-29-23-15-14-22(16-28)24(26)25(23)27/h6-7,10-11,14-15,19,21H,2-5,8-9,12-13,17H2,1H3/t19-,21-. The van der Waals surface area contributed by atoms with Crippen LogP contribution in [0.5, 0.6) is 5.75 Å². The molecule has 1 aliphatic carbocycles. The average Bonchev–Trinajstić information content (AvgIpc) is 2.76. The van der Waals surface area contributed by atoms with Crippen LogP contribution < -0.4 is 4.74 Å². The van der Waals surface area contributed by atoms with Crippen molar-refractivity contribution in [2.45, 2.75) is 64.2 Å². The summed E-state index contributed by atoms with van der Waals surface area (Å²) in [6.07, 6.45) is 9.16. The van der Waals surface area contributed by atoms with E-state index in [4.69, 9.17) is 10.00 Å². The number of aryl methyl sites for hydroxylation is 1. The fourth-order valence-electron chi connectivity index (χ4n) is 4.14. The molecule has 3 rings (SSSR count). The number of halogens is 2. The molecule has 2 nitrogen and oxygen atoms in total. The number of benzene rings is 2. The SMILES string of the molecule is CCCCCc1ccc([C@H]2CC[C@H](COc3ccc(C#N)c(F)c3F)CC2)cc1. The minimum atomic E-state index is -1.13. The zero-order valence-corrected chi connectivity index (χ0v) is 17.1. The zero-order chi connectivity index (χ0) is 20.6. The van der Waals surface area contributed by atoms with Crippen molar-refractivity contribution in [3.05, 3.63) is 64.7 Å². The molecule has 0 atom stereocenters. The highest BCUT2D eigenvalue weighted by molar-refractivity contribution is 5.37. The van der Waals surface area contributed by atoms with Gasteiger partial charge in [-0.2, -0.15) is 9.65 Å². The maximum Gasteiger partial charge on any atom is 0.201 e. The summed E-state index contributed by atoms with van der Waals surface area (Å²) in [6, 6.07) is 13.3. The van der Waals surface area contributed by atoms with Gasteiger partial charge in [-0.1, -0.05) is 44.0 Å². The van der Waals surface area contributed by atoms with Gasteiger partial charge in [0.05, 0.1) is 12.2 Å². The summed E-state index contributed by atoms with van der Waals surface area (Å²) in [7, 11) is 0. The average molecular weight is 398 g/mol. The Morgan fingerprint density at radius 3 is 2.34 bits per heavy atom. The summed E-state index contributed by atoms with van der Waals surface area (Å²) in [4.78, 5) is 0. The van der Waals surface area contributed by atoms with E-state index in [1.165, 1.54) is 42.5 Å². The maximum atomic E-state index is 14.0. The molecule has 0 radical (unpaired) electrons. The topological polar surface area (TPSA) is 33.0 Å². The number of hydrogen-bond donors (Lipinski definition) is 0. The fraction of sp³-hybridized carbons (Fsp3) is 0.480. The van der Waals surface area contributed by atoms with Gasteiger partial charge in [0, 0.05) is 0 Å². The smallest absolute Gasteiger partial charge is 0.201 e. The van der Waals surface area contributed by atoms with Crippen LogP contribution in [-0.2, 0) is 6.42 Å². The third-order valence-corrected chi connectivity index (χ3v) is 6.01. The van der Waals surface area contributed by atoms with Gasteiger partial charge in [-0.25, -0.2) is 4.39 Å². The van der Waals surface area contributed by atoms with E-state index in [9.17, 15) is 8.78 Å². The van der Waals surface area contributed by atoms with Crippen molar-refractivity contribution in [3.8, 4) is 11.8 Å². The summed E-state index contributed by atoms with van der Waals surface area (Å²) >= 11 is 0. The minimum Gasteiger partial charge on any atom is -0.490 e. The molecule has 0 aromatic heterocycles. The molecule has 0 saturated heterocycles. The summed E-state index contributed by atoms with van der Waals surface area (Å²) < 4.78 is 33.2. The first-order valence-corrected chi connectivity index (χ1v) is 10.7. The third kappa shape index (κ3) is 5.56. The lowest BCUT2D eigenvalue weighted by atomic mass is 9.79. The van der Waals surface area contributed by atoms with Crippen molar-refractivity contribution in [1.29, 1.82) is 5.26 Å². The quantitative estimate of drug-likeness (QED) is 0.453. The first kappa shape index (κ1) is 21.3. The second-order valence-electron chi connectivity index (χ2n) is 8.08. The van der Waals surface area contributed by atoms with Crippen LogP contribution in [0.2, 0.25) is 0 Å². The lowest BCUT2D eigenvalue weighted by Crippen LogP contribution is -2.19. The minimum absolute atomic E-state index is 0.109. The van der Waals surface area contributed by atoms with Crippen LogP contribution in [-0.4, -0.2) is 6.61 Å². The molecule has 1 fully saturated rings. The van der Waals surface area contributed by atoms with Crippen LogP contribution in [0.3, 0.4) is 0 Å². The Balaban J connectivity index is 1.47. The Kier molecular flexibility index (Phi) is 7.63. The lowest BCUT2D eigenvalue weighted by Gasteiger charge is -2.29. The monoisotopic (exact) mass is 397 g/mol. The number of unbranched alkanes of at least 4 members (excludes halogenated alkanes) is 2. The molecule has 2 aromatic rings. The molecule has 4 heteroatoms. The van der Waals surface area contributed by atoms with E-state index >= 15 is 0 Å². The Hall–Kier alpha value is -2.41. The largest absolute Gasteiger partial charge is 0.490 e. The van der Waals surface area contributed by atoms with Gasteiger partial charge in [-0.15, -0.1) is 0 Å². The Labute approximate surface area is 172 Å². The first-order chi connectivity index (χ1) is 14.1. The molecule has 0 heterocycles. The first-order valence-electron chi connectivity index (χ1n) is 10.7. The van der Waals surface area contributed by atoms with Crippen LogP contribution in [0.15, 0.2) is 36.4 Å². The van der Waals surface area contributed by atoms with E-state index in [0.29, 0.717) is 18.4 Å². The van der Waals surface area contributed by atoms with Crippen molar-refractivity contribution >= 4 is 0 Å². The Morgan fingerprint density at radius 2 is 1.69 bits per heavy atom. The van der Waals surface area contributed by atoms with E-state index in [-0.39, 0.29) is 11.3 Å². The highest BCUT2D eigenvalue weighted by atomic mass is 19.2. The molecule has 154 valence electrons. The van der Waals surface area contributed by atoms with Gasteiger partial charge in [0.1, 0.15) is 6.07 Å². The molecule has 2 aromatic carbocycles. The number of ether oxygens (including phenoxy) is 1. The molecule has 1 aliphatic rings. The second kappa shape index (κ2) is 10.4. The van der Waals surface area contributed by atoms with E-state index < -0.39 is 11.6 Å². The summed E-state index contributed by atoms with van der Waals surface area (Å²) in [5.41, 5.74) is 2.52. The molecule has 0 spiro atoms. The zero-order valence-electron chi connectivity index (χ0n) is 17.1. The maximum absolute atomic E-state index is 14.0. The molecule has 29 heavy (non-hydrogen) atoms. The molecule has 0 unspecified atom stereocenters. The summed E-state index contributed by atoms with van der Waals surface area (Å²) in [5.74, 6) is -1.40. The fourth-order valence-corrected chi connectivity index (χ4v) is 4.14. The number of nitriles is 1. The van der Waals surface area contributed by atoms with Gasteiger partial charge in [-0.05, 0) is 73.6 Å². The normalized spacial score (nSPS) is 19.0. The van der Waals surface area contributed by atoms with Gasteiger partial charge in [-0.3, -0.25) is 0 Å². The predicted octanol–water partition coefficient (Wildman–Crippen LogP) is 6.92. The molecular weight excluding hydrogens is 368 g/mol. The van der Waals surface area contributed by atoms with Gasteiger partial charge in [0.15, 0.2) is 11.6 Å². The van der Waals surface area contributed by atoms with Crippen molar-refractivity contribution < 1.29 is 13.5 Å². The van der Waals surface area contributed by atoms with E-state index in [1.807, 2.05) is 0 Å².